The molecule has 0 saturated carbocycles. The molecule has 1 aromatic heterocycles. The molecule has 0 saturated heterocycles. The molecule has 0 aliphatic rings. The van der Waals surface area contributed by atoms with Crippen molar-refractivity contribution in [3.8, 4) is 0 Å². The Labute approximate surface area is 153 Å². The lowest BCUT2D eigenvalue weighted by molar-refractivity contribution is 0.0662. The quantitative estimate of drug-likeness (QED) is 0.430. The van der Waals surface area contributed by atoms with Crippen LogP contribution in [-0.4, -0.2) is 41.5 Å². The van der Waals surface area contributed by atoms with Crippen LogP contribution in [0.15, 0.2) is 34.0 Å². The van der Waals surface area contributed by atoms with Crippen LogP contribution < -0.4 is 5.56 Å². The van der Waals surface area contributed by atoms with Crippen molar-refractivity contribution >= 4 is 17.5 Å². The van der Waals surface area contributed by atoms with Gasteiger partial charge in [-0.1, -0.05) is 6.07 Å². The van der Waals surface area contributed by atoms with E-state index in [1.165, 1.54) is 24.9 Å². The van der Waals surface area contributed by atoms with Gasteiger partial charge in [-0.2, -0.15) is 0 Å². The average molecular weight is 383 g/mol. The molecule has 2 aromatic rings. The van der Waals surface area contributed by atoms with Crippen molar-refractivity contribution in [2.45, 2.75) is 11.3 Å². The highest BCUT2D eigenvalue weighted by molar-refractivity contribution is 7.98. The predicted molar refractivity (Wildman–Crippen MR) is 94.9 cm³/mol. The number of ether oxygens (including phenoxy) is 1. The largest absolute Gasteiger partial charge is 0.394 e. The first-order valence-corrected chi connectivity index (χ1v) is 9.04. The number of nitrogens with zero attached hydrogens (tertiary/aromatic N) is 1. The third-order valence-electron chi connectivity index (χ3n) is 3.88. The van der Waals surface area contributed by atoms with Crippen LogP contribution in [0.2, 0.25) is 0 Å². The molecule has 140 valence electrons. The van der Waals surface area contributed by atoms with Crippen LogP contribution in [0.4, 0.5) is 8.78 Å². The van der Waals surface area contributed by atoms with Crippen molar-refractivity contribution in [3.05, 3.63) is 63.1 Å². The highest BCUT2D eigenvalue weighted by atomic mass is 32.2. The number of pyridine rings is 1. The Kier molecular flexibility index (Phi) is 7.07. The van der Waals surface area contributed by atoms with Gasteiger partial charge in [0.05, 0.1) is 13.2 Å². The first-order valence-electron chi connectivity index (χ1n) is 7.81. The van der Waals surface area contributed by atoms with Gasteiger partial charge in [-0.05, 0) is 30.0 Å². The zero-order chi connectivity index (χ0) is 19.3. The van der Waals surface area contributed by atoms with Crippen molar-refractivity contribution in [1.29, 1.82) is 0 Å². The number of carbonyl (C=O) groups excluding carboxylic acids is 1. The van der Waals surface area contributed by atoms with Gasteiger partial charge < -0.3 is 14.4 Å². The predicted octanol–water partition coefficient (Wildman–Crippen LogP) is 2.17. The Bertz CT molecular complexity index is 867. The minimum absolute atomic E-state index is 0.0416. The molecule has 0 aliphatic carbocycles. The van der Waals surface area contributed by atoms with Crippen molar-refractivity contribution in [2.24, 2.45) is 7.05 Å². The number of aromatic nitrogens is 1. The highest BCUT2D eigenvalue weighted by Gasteiger charge is 2.20. The van der Waals surface area contributed by atoms with E-state index in [1.54, 1.807) is 12.1 Å². The molecule has 2 rings (SSSR count). The third kappa shape index (κ3) is 4.57. The lowest BCUT2D eigenvalue weighted by Crippen LogP contribution is -2.28. The zero-order valence-electron chi connectivity index (χ0n) is 14.4. The molecular weight excluding hydrogens is 364 g/mol. The van der Waals surface area contributed by atoms with E-state index in [9.17, 15) is 18.4 Å². The van der Waals surface area contributed by atoms with E-state index in [1.807, 2.05) is 6.26 Å². The summed E-state index contributed by atoms with van der Waals surface area (Å²) in [5.74, 6) is -2.09. The maximum Gasteiger partial charge on any atom is 0.286 e. The monoisotopic (exact) mass is 383 g/mol. The fourth-order valence-corrected chi connectivity index (χ4v) is 2.90. The Morgan fingerprint density at radius 3 is 2.62 bits per heavy atom. The minimum Gasteiger partial charge on any atom is -0.394 e. The van der Waals surface area contributed by atoms with Gasteiger partial charge in [0.15, 0.2) is 11.6 Å². The third-order valence-corrected chi connectivity index (χ3v) is 4.61. The van der Waals surface area contributed by atoms with E-state index in [0.717, 1.165) is 15.5 Å². The second kappa shape index (κ2) is 9.07. The van der Waals surface area contributed by atoms with Gasteiger partial charge in [-0.25, -0.2) is 8.78 Å². The van der Waals surface area contributed by atoms with E-state index in [2.05, 4.69) is 0 Å². The summed E-state index contributed by atoms with van der Waals surface area (Å²) in [5, 5.41) is 8.71. The number of ketones is 1. The van der Waals surface area contributed by atoms with Crippen molar-refractivity contribution in [3.63, 3.8) is 0 Å². The van der Waals surface area contributed by atoms with Gasteiger partial charge in [0.25, 0.3) is 5.56 Å². The molecule has 0 aliphatic heterocycles. The van der Waals surface area contributed by atoms with Gasteiger partial charge in [0.1, 0.15) is 12.4 Å². The van der Waals surface area contributed by atoms with Crippen molar-refractivity contribution < 1.29 is 23.4 Å². The van der Waals surface area contributed by atoms with E-state index < -0.39 is 23.0 Å². The van der Waals surface area contributed by atoms with Crippen molar-refractivity contribution in [2.75, 3.05) is 26.1 Å². The van der Waals surface area contributed by atoms with Crippen LogP contribution in [0.1, 0.15) is 21.6 Å². The molecule has 5 nitrogen and oxygen atoms in total. The van der Waals surface area contributed by atoms with Crippen LogP contribution in [0, 0.1) is 11.6 Å². The molecule has 1 aromatic carbocycles. The van der Waals surface area contributed by atoms with Gasteiger partial charge in [0.2, 0.25) is 0 Å². The number of rotatable bonds is 8. The lowest BCUT2D eigenvalue weighted by Gasteiger charge is -2.15. The van der Waals surface area contributed by atoms with Crippen LogP contribution in [0.5, 0.6) is 0 Å². The number of halogens is 2. The number of thioether (sulfide) groups is 1. The van der Waals surface area contributed by atoms with E-state index in [0.29, 0.717) is 0 Å². The number of carbonyl (C=O) groups is 1. The van der Waals surface area contributed by atoms with Gasteiger partial charge in [0, 0.05) is 29.6 Å². The number of benzene rings is 1. The molecule has 1 heterocycles. The lowest BCUT2D eigenvalue weighted by atomic mass is 10.0. The summed E-state index contributed by atoms with van der Waals surface area (Å²) < 4.78 is 34.1. The Morgan fingerprint density at radius 2 is 2.00 bits per heavy atom. The summed E-state index contributed by atoms with van der Waals surface area (Å²) in [6.45, 7) is -0.673. The Morgan fingerprint density at radius 1 is 1.27 bits per heavy atom. The topological polar surface area (TPSA) is 68.5 Å². The first-order chi connectivity index (χ1) is 12.4. The number of hydrogen-bond acceptors (Lipinski definition) is 5. The zero-order valence-corrected chi connectivity index (χ0v) is 15.2. The number of aliphatic hydroxyl groups is 1. The van der Waals surface area contributed by atoms with Crippen LogP contribution in [0.25, 0.3) is 0 Å². The smallest absolute Gasteiger partial charge is 0.286 e. The number of hydrogen-bond donors (Lipinski definition) is 1. The molecule has 1 N–H and O–H groups in total. The van der Waals surface area contributed by atoms with E-state index in [4.69, 9.17) is 9.84 Å². The standard InChI is InChI=1S/C18H19F2NO4S/c1-21-16(7-11-3-4-12(26-2)8-14(11)19)13(9-15(20)18(21)24)17(23)10-25-6-5-22/h3-4,8-9,22H,5-7,10H2,1-2H3. The van der Waals surface area contributed by atoms with Gasteiger partial charge in [-0.3, -0.25) is 9.59 Å². The normalized spacial score (nSPS) is 11.0. The Balaban J connectivity index is 2.44. The summed E-state index contributed by atoms with van der Waals surface area (Å²) in [7, 11) is 1.33. The summed E-state index contributed by atoms with van der Waals surface area (Å²) >= 11 is 1.39. The molecule has 0 spiro atoms. The summed E-state index contributed by atoms with van der Waals surface area (Å²) in [4.78, 5) is 25.0. The molecule has 0 atom stereocenters. The maximum atomic E-state index is 14.3. The second-order valence-electron chi connectivity index (χ2n) is 5.55. The molecule has 0 bridgehead atoms. The minimum atomic E-state index is -1.07. The van der Waals surface area contributed by atoms with Crippen LogP contribution in [0.3, 0.4) is 0 Å². The Hall–Kier alpha value is -2.03. The number of aliphatic hydroxyl groups excluding tert-OH is 1. The molecule has 0 radical (unpaired) electrons. The van der Waals surface area contributed by atoms with Crippen LogP contribution >= 0.6 is 11.8 Å². The molecule has 0 amide bonds. The number of Topliss-reactive ketones (excluding diaryl/α,β-unsaturated/α-hetero) is 1. The summed E-state index contributed by atoms with van der Waals surface area (Å²) in [6, 6.07) is 5.53. The second-order valence-corrected chi connectivity index (χ2v) is 6.43. The summed E-state index contributed by atoms with van der Waals surface area (Å²) in [5.41, 5.74) is -0.454. The fourth-order valence-electron chi connectivity index (χ4n) is 2.48. The van der Waals surface area contributed by atoms with Gasteiger partial charge in [-0.15, -0.1) is 11.8 Å². The first kappa shape index (κ1) is 20.3. The SMILES string of the molecule is CSc1ccc(Cc2c(C(=O)COCCO)cc(F)c(=O)n2C)c(F)c1. The van der Waals surface area contributed by atoms with Crippen LogP contribution in [-0.2, 0) is 18.2 Å². The maximum absolute atomic E-state index is 14.3. The molecule has 26 heavy (non-hydrogen) atoms. The summed E-state index contributed by atoms with van der Waals surface area (Å²) in [6.07, 6.45) is 1.77. The van der Waals surface area contributed by atoms with E-state index >= 15 is 0 Å². The molecule has 8 heteroatoms. The molecule has 0 fully saturated rings. The average Bonchev–Trinajstić information content (AvgIpc) is 2.63. The molecule has 0 unspecified atom stereocenters. The molecular formula is C18H19F2NO4S. The van der Waals surface area contributed by atoms with Gasteiger partial charge >= 0.3 is 0 Å². The van der Waals surface area contributed by atoms with E-state index in [-0.39, 0.29) is 43.1 Å². The van der Waals surface area contributed by atoms with Crippen molar-refractivity contribution in [1.82, 2.24) is 4.57 Å². The highest BCUT2D eigenvalue weighted by Crippen LogP contribution is 2.22. The fraction of sp³-hybridized carbons (Fsp3) is 0.333.